The van der Waals surface area contributed by atoms with Gasteiger partial charge in [-0.2, -0.15) is 0 Å². The second-order valence-electron chi connectivity index (χ2n) is 5.80. The van der Waals surface area contributed by atoms with Crippen LogP contribution in [0, 0.1) is 0 Å². The first-order valence-corrected chi connectivity index (χ1v) is 8.89. The van der Waals surface area contributed by atoms with Crippen LogP contribution in [-0.2, 0) is 6.42 Å². The van der Waals surface area contributed by atoms with Crippen LogP contribution in [0.2, 0.25) is 0 Å². The highest BCUT2D eigenvalue weighted by Gasteiger charge is 2.09. The molecule has 5 nitrogen and oxygen atoms in total. The third kappa shape index (κ3) is 4.49. The van der Waals surface area contributed by atoms with Gasteiger partial charge in [0.05, 0.1) is 26.4 Å². The van der Waals surface area contributed by atoms with Crippen molar-refractivity contribution in [2.75, 3.05) is 13.7 Å². The van der Waals surface area contributed by atoms with E-state index in [1.54, 1.807) is 7.11 Å². The molecular formula is C19H18BNO4S. The molecule has 0 bridgehead atoms. The maximum absolute atomic E-state index is 11.2. The Hall–Kier alpha value is -2.67. The summed E-state index contributed by atoms with van der Waals surface area (Å²) >= 11 is 1.01. The van der Waals surface area contributed by atoms with E-state index in [1.807, 2.05) is 48.5 Å². The van der Waals surface area contributed by atoms with E-state index in [2.05, 4.69) is 4.98 Å². The average Bonchev–Trinajstić information content (AvgIpc) is 2.98. The van der Waals surface area contributed by atoms with Crippen molar-refractivity contribution in [3.05, 3.63) is 74.2 Å². The first-order chi connectivity index (χ1) is 12.5. The first kappa shape index (κ1) is 18.1. The van der Waals surface area contributed by atoms with Crippen molar-refractivity contribution < 1.29 is 14.6 Å². The molecule has 0 aliphatic carbocycles. The number of thiazole rings is 1. The number of aromatic nitrogens is 1. The normalized spacial score (nSPS) is 11.9. The van der Waals surface area contributed by atoms with Gasteiger partial charge in [-0.15, -0.1) is 0 Å². The van der Waals surface area contributed by atoms with Gasteiger partial charge in [-0.25, -0.2) is 0 Å². The van der Waals surface area contributed by atoms with Crippen LogP contribution < -0.4 is 14.3 Å². The number of hydrogen-bond acceptors (Lipinski definition) is 5. The zero-order valence-corrected chi connectivity index (χ0v) is 15.1. The van der Waals surface area contributed by atoms with Crippen molar-refractivity contribution >= 4 is 19.2 Å². The molecule has 7 heteroatoms. The van der Waals surface area contributed by atoms with E-state index >= 15 is 0 Å². The van der Waals surface area contributed by atoms with Gasteiger partial charge in [0, 0.05) is 6.42 Å². The Balaban J connectivity index is 1.56. The molecule has 1 atom stereocenters. The van der Waals surface area contributed by atoms with Gasteiger partial charge in [0.1, 0.15) is 11.5 Å². The van der Waals surface area contributed by atoms with Crippen molar-refractivity contribution in [2.24, 2.45) is 0 Å². The fourth-order valence-corrected chi connectivity index (χ4v) is 3.25. The summed E-state index contributed by atoms with van der Waals surface area (Å²) in [5.74, 6) is 1.19. The average molecular weight is 367 g/mol. The molecule has 0 aliphatic rings. The van der Waals surface area contributed by atoms with Crippen molar-refractivity contribution in [1.82, 2.24) is 4.98 Å². The lowest BCUT2D eigenvalue weighted by molar-refractivity contribution is 0.316. The molecule has 1 unspecified atom stereocenters. The highest BCUT2D eigenvalue weighted by molar-refractivity contribution is 7.09. The predicted octanol–water partition coefficient (Wildman–Crippen LogP) is 3.03. The summed E-state index contributed by atoms with van der Waals surface area (Å²) in [4.78, 5) is 13.9. The van der Waals surface area contributed by atoms with Gasteiger partial charge < -0.3 is 14.6 Å². The van der Waals surface area contributed by atoms with Crippen LogP contribution >= 0.6 is 11.3 Å². The van der Waals surface area contributed by atoms with Crippen molar-refractivity contribution in [3.63, 3.8) is 0 Å². The third-order valence-electron chi connectivity index (χ3n) is 3.96. The van der Waals surface area contributed by atoms with Gasteiger partial charge in [0.25, 0.3) is 0 Å². The molecule has 0 aliphatic heterocycles. The standard InChI is InChI=1S/C19H18BNO4S/c1-24-14-8-4-13(5-9-14)16(20)11-25-15-6-2-12(3-7-15)10-17-18(22)21-19(23)26-17/h2-9,16,22H,10-11H2,1H3,(H,21,23). The van der Waals surface area contributed by atoms with Gasteiger partial charge >= 0.3 is 4.87 Å². The number of aromatic amines is 1. The van der Waals surface area contributed by atoms with Gasteiger partial charge in [0.2, 0.25) is 5.88 Å². The van der Waals surface area contributed by atoms with Crippen LogP contribution in [0.15, 0.2) is 53.3 Å². The predicted molar refractivity (Wildman–Crippen MR) is 103 cm³/mol. The van der Waals surface area contributed by atoms with E-state index in [1.165, 1.54) is 0 Å². The van der Waals surface area contributed by atoms with E-state index in [4.69, 9.17) is 17.3 Å². The minimum atomic E-state index is -0.259. The topological polar surface area (TPSA) is 71.6 Å². The number of hydrogen-bond donors (Lipinski definition) is 2. The molecule has 2 N–H and O–H groups in total. The number of aromatic hydroxyl groups is 1. The number of H-pyrrole nitrogens is 1. The second-order valence-corrected chi connectivity index (χ2v) is 6.87. The molecule has 1 heterocycles. The highest BCUT2D eigenvalue weighted by atomic mass is 32.1. The zero-order valence-electron chi connectivity index (χ0n) is 14.3. The Morgan fingerprint density at radius 1 is 1.12 bits per heavy atom. The smallest absolute Gasteiger partial charge is 0.307 e. The minimum Gasteiger partial charge on any atom is -0.497 e. The summed E-state index contributed by atoms with van der Waals surface area (Å²) in [6, 6.07) is 15.1. The first-order valence-electron chi connectivity index (χ1n) is 8.07. The summed E-state index contributed by atoms with van der Waals surface area (Å²) < 4.78 is 10.9. The Bertz CT molecular complexity index is 903. The van der Waals surface area contributed by atoms with Crippen LogP contribution in [0.4, 0.5) is 0 Å². The van der Waals surface area contributed by atoms with Crippen molar-refractivity contribution in [1.29, 1.82) is 0 Å². The lowest BCUT2D eigenvalue weighted by Gasteiger charge is -2.14. The van der Waals surface area contributed by atoms with Crippen molar-refractivity contribution in [3.8, 4) is 17.4 Å². The molecule has 0 amide bonds. The van der Waals surface area contributed by atoms with Crippen LogP contribution in [-0.4, -0.2) is 31.7 Å². The maximum Gasteiger partial charge on any atom is 0.307 e. The monoisotopic (exact) mass is 367 g/mol. The number of ether oxygens (including phenoxy) is 2. The minimum absolute atomic E-state index is 0.0641. The van der Waals surface area contributed by atoms with Crippen LogP contribution in [0.1, 0.15) is 21.8 Å². The Morgan fingerprint density at radius 3 is 2.35 bits per heavy atom. The summed E-state index contributed by atoms with van der Waals surface area (Å²) in [6.45, 7) is 0.353. The van der Waals surface area contributed by atoms with Gasteiger partial charge in [-0.05, 0) is 41.2 Å². The van der Waals surface area contributed by atoms with Gasteiger partial charge in [-0.3, -0.25) is 9.78 Å². The SMILES string of the molecule is [B]C(COc1ccc(Cc2sc(=O)[nH]c2O)cc1)c1ccc(OC)cc1. The van der Waals surface area contributed by atoms with E-state index in [0.29, 0.717) is 23.7 Å². The molecule has 0 saturated heterocycles. The molecule has 2 aromatic carbocycles. The molecule has 1 aromatic heterocycles. The van der Waals surface area contributed by atoms with Crippen LogP contribution in [0.5, 0.6) is 17.4 Å². The Labute approximate surface area is 156 Å². The summed E-state index contributed by atoms with van der Waals surface area (Å²) in [5, 5.41) is 9.64. The number of methoxy groups -OCH3 is 1. The Morgan fingerprint density at radius 2 is 1.77 bits per heavy atom. The lowest BCUT2D eigenvalue weighted by Crippen LogP contribution is -2.10. The van der Waals surface area contributed by atoms with Crippen LogP contribution in [0.3, 0.4) is 0 Å². The Kier molecular flexibility index (Phi) is 5.68. The second kappa shape index (κ2) is 8.14. The molecule has 0 saturated carbocycles. The zero-order chi connectivity index (χ0) is 18.5. The number of nitrogens with one attached hydrogen (secondary N) is 1. The molecule has 0 fully saturated rings. The summed E-state index contributed by atoms with van der Waals surface area (Å²) in [5.41, 5.74) is 1.95. The molecular weight excluding hydrogens is 349 g/mol. The molecule has 3 aromatic rings. The van der Waals surface area contributed by atoms with E-state index < -0.39 is 0 Å². The largest absolute Gasteiger partial charge is 0.497 e. The summed E-state index contributed by atoms with van der Waals surface area (Å²) in [6.07, 6.45) is 0.487. The molecule has 26 heavy (non-hydrogen) atoms. The fourth-order valence-electron chi connectivity index (χ4n) is 2.49. The van der Waals surface area contributed by atoms with E-state index in [9.17, 15) is 9.90 Å². The quantitative estimate of drug-likeness (QED) is 0.630. The maximum atomic E-state index is 11.2. The highest BCUT2D eigenvalue weighted by Crippen LogP contribution is 2.23. The molecule has 2 radical (unpaired) electrons. The van der Waals surface area contributed by atoms with Gasteiger partial charge in [0.15, 0.2) is 0 Å². The van der Waals surface area contributed by atoms with Crippen molar-refractivity contribution in [2.45, 2.75) is 12.2 Å². The summed E-state index contributed by atoms with van der Waals surface area (Å²) in [7, 11) is 7.78. The fraction of sp³-hybridized carbons (Fsp3) is 0.211. The van der Waals surface area contributed by atoms with E-state index in [0.717, 1.165) is 28.2 Å². The molecule has 132 valence electrons. The number of rotatable bonds is 7. The van der Waals surface area contributed by atoms with Gasteiger partial charge in [-0.1, -0.05) is 35.6 Å². The molecule has 0 spiro atoms. The number of benzene rings is 2. The van der Waals surface area contributed by atoms with Crippen LogP contribution in [0.25, 0.3) is 0 Å². The van der Waals surface area contributed by atoms with E-state index in [-0.39, 0.29) is 16.6 Å². The lowest BCUT2D eigenvalue weighted by atomic mass is 9.82. The molecule has 3 rings (SSSR count). The third-order valence-corrected chi connectivity index (χ3v) is 4.83.